The number of benzene rings is 2. The van der Waals surface area contributed by atoms with Crippen LogP contribution in [-0.4, -0.2) is 65.1 Å². The Balaban J connectivity index is 1.53. The van der Waals surface area contributed by atoms with Gasteiger partial charge in [0.25, 0.3) is 5.91 Å². The van der Waals surface area contributed by atoms with Crippen molar-refractivity contribution < 1.29 is 22.7 Å². The third-order valence-electron chi connectivity index (χ3n) is 5.87. The van der Waals surface area contributed by atoms with Gasteiger partial charge in [-0.05, 0) is 61.7 Å². The molecule has 0 spiro atoms. The minimum atomic E-state index is -3.72. The molecule has 0 saturated carbocycles. The fourth-order valence-electron chi connectivity index (χ4n) is 4.07. The van der Waals surface area contributed by atoms with Crippen molar-refractivity contribution in [3.05, 3.63) is 48.0 Å². The number of sulfonamides is 1. The number of nitrogens with one attached hydrogen (secondary N) is 1. The molecular weight excluding hydrogens is 430 g/mol. The van der Waals surface area contributed by atoms with Crippen molar-refractivity contribution in [1.82, 2.24) is 4.31 Å². The first-order valence-electron chi connectivity index (χ1n) is 10.9. The molecule has 1 N–H and O–H groups in total. The van der Waals surface area contributed by atoms with Crippen LogP contribution in [0.2, 0.25) is 0 Å². The smallest absolute Gasteiger partial charge is 0.259 e. The highest BCUT2D eigenvalue weighted by Gasteiger charge is 2.28. The minimum Gasteiger partial charge on any atom is -0.496 e. The summed E-state index contributed by atoms with van der Waals surface area (Å²) in [4.78, 5) is 15.4. The van der Waals surface area contributed by atoms with Crippen LogP contribution in [0.4, 0.5) is 11.4 Å². The predicted octanol–water partition coefficient (Wildman–Crippen LogP) is 2.96. The second-order valence-corrected chi connectivity index (χ2v) is 9.87. The highest BCUT2D eigenvalue weighted by molar-refractivity contribution is 7.89. The lowest BCUT2D eigenvalue weighted by Gasteiger charge is -2.28. The van der Waals surface area contributed by atoms with Crippen LogP contribution in [0.3, 0.4) is 0 Å². The predicted molar refractivity (Wildman–Crippen MR) is 123 cm³/mol. The van der Waals surface area contributed by atoms with Crippen molar-refractivity contribution in [2.24, 2.45) is 0 Å². The zero-order chi connectivity index (χ0) is 22.6. The van der Waals surface area contributed by atoms with Gasteiger partial charge in [-0.3, -0.25) is 4.79 Å². The Kier molecular flexibility index (Phi) is 6.98. The van der Waals surface area contributed by atoms with Crippen LogP contribution in [0.1, 0.15) is 29.6 Å². The molecule has 2 aromatic rings. The summed E-state index contributed by atoms with van der Waals surface area (Å²) in [5.74, 6) is -0.111. The van der Waals surface area contributed by atoms with Crippen LogP contribution in [0, 0.1) is 0 Å². The topological polar surface area (TPSA) is 88.2 Å². The summed E-state index contributed by atoms with van der Waals surface area (Å²) < 4.78 is 37.9. The molecule has 4 rings (SSSR count). The normalized spacial score (nSPS) is 17.7. The van der Waals surface area contributed by atoms with E-state index in [9.17, 15) is 13.2 Å². The first kappa shape index (κ1) is 22.6. The number of hydrogen-bond donors (Lipinski definition) is 1. The molecular formula is C23H29N3O5S. The maximum Gasteiger partial charge on any atom is 0.259 e. The molecule has 0 atom stereocenters. The van der Waals surface area contributed by atoms with Crippen LogP contribution in [-0.2, 0) is 14.8 Å². The van der Waals surface area contributed by atoms with E-state index in [1.165, 1.54) is 48.9 Å². The maximum atomic E-state index is 13.0. The van der Waals surface area contributed by atoms with Gasteiger partial charge in [-0.25, -0.2) is 8.42 Å². The maximum absolute atomic E-state index is 13.0. The second-order valence-electron chi connectivity index (χ2n) is 7.93. The molecule has 172 valence electrons. The number of ether oxygens (including phenoxy) is 2. The molecule has 2 aromatic carbocycles. The fourth-order valence-corrected chi connectivity index (χ4v) is 5.50. The highest BCUT2D eigenvalue weighted by atomic mass is 32.2. The van der Waals surface area contributed by atoms with Gasteiger partial charge in [-0.2, -0.15) is 4.31 Å². The summed E-state index contributed by atoms with van der Waals surface area (Å²) in [7, 11) is -2.27. The van der Waals surface area contributed by atoms with Crippen molar-refractivity contribution in [3.63, 3.8) is 0 Å². The average molecular weight is 460 g/mol. The van der Waals surface area contributed by atoms with E-state index in [-0.39, 0.29) is 10.5 Å². The molecule has 8 nitrogen and oxygen atoms in total. The zero-order valence-corrected chi connectivity index (χ0v) is 19.1. The number of carbonyl (C=O) groups is 1. The SMILES string of the molecule is COc1ccc(S(=O)(=O)N2CCOCC2)cc1C(=O)Nc1ccc(N2CCCCC2)cc1. The van der Waals surface area contributed by atoms with Gasteiger partial charge in [0, 0.05) is 37.6 Å². The molecule has 1 amide bonds. The van der Waals surface area contributed by atoms with Gasteiger partial charge in [-0.15, -0.1) is 0 Å². The molecule has 9 heteroatoms. The Hall–Kier alpha value is -2.62. The molecule has 2 aliphatic heterocycles. The summed E-state index contributed by atoms with van der Waals surface area (Å²) in [6.07, 6.45) is 3.66. The number of carbonyl (C=O) groups excluding carboxylic acids is 1. The molecule has 0 radical (unpaired) electrons. The Bertz CT molecular complexity index is 1040. The van der Waals surface area contributed by atoms with Crippen molar-refractivity contribution >= 4 is 27.3 Å². The molecule has 0 unspecified atom stereocenters. The molecule has 2 heterocycles. The van der Waals surface area contributed by atoms with Crippen LogP contribution in [0.5, 0.6) is 5.75 Å². The molecule has 0 aliphatic carbocycles. The number of hydrogen-bond acceptors (Lipinski definition) is 6. The third-order valence-corrected chi connectivity index (χ3v) is 7.76. The second kappa shape index (κ2) is 9.89. The first-order chi connectivity index (χ1) is 15.5. The van der Waals surface area contributed by atoms with E-state index in [2.05, 4.69) is 10.2 Å². The van der Waals surface area contributed by atoms with Gasteiger partial charge in [0.05, 0.1) is 30.8 Å². The van der Waals surface area contributed by atoms with Crippen LogP contribution < -0.4 is 15.0 Å². The van der Waals surface area contributed by atoms with Gasteiger partial charge >= 0.3 is 0 Å². The summed E-state index contributed by atoms with van der Waals surface area (Å²) in [6.45, 7) is 3.39. The Morgan fingerprint density at radius 3 is 2.31 bits per heavy atom. The average Bonchev–Trinajstić information content (AvgIpc) is 2.85. The van der Waals surface area contributed by atoms with Gasteiger partial charge in [0.1, 0.15) is 5.75 Å². The number of anilines is 2. The van der Waals surface area contributed by atoms with E-state index in [0.717, 1.165) is 18.8 Å². The number of rotatable bonds is 6. The molecule has 2 saturated heterocycles. The fraction of sp³-hybridized carbons (Fsp3) is 0.435. The van der Waals surface area contributed by atoms with Crippen molar-refractivity contribution in [1.29, 1.82) is 0 Å². The van der Waals surface area contributed by atoms with Crippen LogP contribution >= 0.6 is 0 Å². The van der Waals surface area contributed by atoms with Crippen LogP contribution in [0.15, 0.2) is 47.4 Å². The lowest BCUT2D eigenvalue weighted by Crippen LogP contribution is -2.40. The van der Waals surface area contributed by atoms with E-state index < -0.39 is 15.9 Å². The van der Waals surface area contributed by atoms with E-state index >= 15 is 0 Å². The third kappa shape index (κ3) is 4.90. The Morgan fingerprint density at radius 1 is 0.969 bits per heavy atom. The van der Waals surface area contributed by atoms with Crippen molar-refractivity contribution in [2.45, 2.75) is 24.2 Å². The highest BCUT2D eigenvalue weighted by Crippen LogP contribution is 2.27. The Morgan fingerprint density at radius 2 is 1.66 bits per heavy atom. The monoisotopic (exact) mass is 459 g/mol. The molecule has 0 bridgehead atoms. The number of nitrogens with zero attached hydrogens (tertiary/aromatic N) is 2. The number of methoxy groups -OCH3 is 1. The van der Waals surface area contributed by atoms with E-state index in [1.54, 1.807) is 0 Å². The number of amides is 1. The van der Waals surface area contributed by atoms with E-state index in [4.69, 9.17) is 9.47 Å². The standard InChI is InChI=1S/C23H29N3O5S/c1-30-22-10-9-20(32(28,29)26-13-15-31-16-14-26)17-21(22)23(27)24-18-5-7-19(8-6-18)25-11-3-2-4-12-25/h5-10,17H,2-4,11-16H2,1H3,(H,24,27). The van der Waals surface area contributed by atoms with Gasteiger partial charge < -0.3 is 19.7 Å². The summed E-state index contributed by atoms with van der Waals surface area (Å²) in [5.41, 5.74) is 1.94. The summed E-state index contributed by atoms with van der Waals surface area (Å²) in [6, 6.07) is 12.1. The Labute approximate surface area is 189 Å². The molecule has 2 fully saturated rings. The van der Waals surface area contributed by atoms with Gasteiger partial charge in [0.15, 0.2) is 0 Å². The van der Waals surface area contributed by atoms with Gasteiger partial charge in [0.2, 0.25) is 10.0 Å². The van der Waals surface area contributed by atoms with E-state index in [0.29, 0.717) is 37.7 Å². The lowest BCUT2D eigenvalue weighted by molar-refractivity contribution is 0.0730. The molecule has 32 heavy (non-hydrogen) atoms. The zero-order valence-electron chi connectivity index (χ0n) is 18.2. The van der Waals surface area contributed by atoms with Crippen molar-refractivity contribution in [3.8, 4) is 5.75 Å². The molecule has 2 aliphatic rings. The van der Waals surface area contributed by atoms with E-state index in [1.807, 2.05) is 24.3 Å². The lowest BCUT2D eigenvalue weighted by atomic mass is 10.1. The van der Waals surface area contributed by atoms with Crippen molar-refractivity contribution in [2.75, 3.05) is 56.7 Å². The van der Waals surface area contributed by atoms with Crippen LogP contribution in [0.25, 0.3) is 0 Å². The first-order valence-corrected chi connectivity index (χ1v) is 12.4. The summed E-state index contributed by atoms with van der Waals surface area (Å²) >= 11 is 0. The number of morpholine rings is 1. The van der Waals surface area contributed by atoms with Gasteiger partial charge in [-0.1, -0.05) is 0 Å². The largest absolute Gasteiger partial charge is 0.496 e. The number of piperidine rings is 1. The molecule has 0 aromatic heterocycles. The summed E-state index contributed by atoms with van der Waals surface area (Å²) in [5, 5.41) is 2.86. The quantitative estimate of drug-likeness (QED) is 0.715. The minimum absolute atomic E-state index is 0.0609.